The van der Waals surface area contributed by atoms with E-state index in [2.05, 4.69) is 5.32 Å². The van der Waals surface area contributed by atoms with Crippen LogP contribution in [0.15, 0.2) is 0 Å². The minimum Gasteiger partial charge on any atom is -0.378 e. The lowest BCUT2D eigenvalue weighted by Gasteiger charge is -2.54. The first-order chi connectivity index (χ1) is 11.0. The molecule has 0 aromatic heterocycles. The van der Waals surface area contributed by atoms with E-state index >= 15 is 0 Å². The zero-order valence-electron chi connectivity index (χ0n) is 14.1. The molecule has 0 aromatic rings. The van der Waals surface area contributed by atoms with Gasteiger partial charge in [-0.1, -0.05) is 25.7 Å². The number of amides is 1. The third kappa shape index (κ3) is 3.29. The summed E-state index contributed by atoms with van der Waals surface area (Å²) in [7, 11) is -3.29. The van der Waals surface area contributed by atoms with Crippen molar-refractivity contribution in [1.82, 2.24) is 5.32 Å². The first kappa shape index (κ1) is 17.2. The maximum Gasteiger partial charge on any atom is 0.235 e. The highest BCUT2D eigenvalue weighted by Crippen LogP contribution is 2.54. The normalized spacial score (nSPS) is 30.5. The van der Waals surface area contributed by atoms with E-state index in [4.69, 9.17) is 4.74 Å². The molecule has 1 N–H and O–H groups in total. The third-order valence-electron chi connectivity index (χ3n) is 6.16. The molecule has 3 fully saturated rings. The topological polar surface area (TPSA) is 72.5 Å². The second-order valence-electron chi connectivity index (χ2n) is 7.45. The minimum atomic E-state index is -3.29. The Kier molecular flexibility index (Phi) is 5.02. The van der Waals surface area contributed by atoms with Gasteiger partial charge < -0.3 is 10.1 Å². The zero-order chi connectivity index (χ0) is 16.5. The predicted octanol–water partition coefficient (Wildman–Crippen LogP) is 2.20. The van der Waals surface area contributed by atoms with Crippen molar-refractivity contribution >= 4 is 15.7 Å². The number of hydrogen-bond donors (Lipinski definition) is 1. The molecule has 6 heteroatoms. The summed E-state index contributed by atoms with van der Waals surface area (Å²) in [5, 5.41) is 2.72. The number of hydrogen-bond acceptors (Lipinski definition) is 4. The van der Waals surface area contributed by atoms with Gasteiger partial charge in [0.25, 0.3) is 0 Å². The number of nitrogens with one attached hydrogen (secondary N) is 1. The average Bonchev–Trinajstić information content (AvgIpc) is 3.18. The number of ether oxygens (including phenoxy) is 1. The van der Waals surface area contributed by atoms with Crippen molar-refractivity contribution < 1.29 is 17.9 Å². The molecule has 3 rings (SSSR count). The molecule has 0 aromatic carbocycles. The van der Waals surface area contributed by atoms with Crippen molar-refractivity contribution in [3.05, 3.63) is 0 Å². The molecule has 23 heavy (non-hydrogen) atoms. The molecule has 1 spiro atoms. The highest BCUT2D eigenvalue weighted by molar-refractivity contribution is 7.92. The van der Waals surface area contributed by atoms with Gasteiger partial charge in [0.1, 0.15) is 5.75 Å². The quantitative estimate of drug-likeness (QED) is 0.802. The first-order valence-corrected chi connectivity index (χ1v) is 10.8. The van der Waals surface area contributed by atoms with Crippen LogP contribution in [0.1, 0.15) is 64.7 Å². The van der Waals surface area contributed by atoms with Gasteiger partial charge >= 0.3 is 0 Å². The summed E-state index contributed by atoms with van der Waals surface area (Å²) < 4.78 is 30.5. The lowest BCUT2D eigenvalue weighted by molar-refractivity contribution is -0.142. The van der Waals surface area contributed by atoms with Gasteiger partial charge in [0.2, 0.25) is 5.91 Å². The predicted molar refractivity (Wildman–Crippen MR) is 88.9 cm³/mol. The molecular weight excluding hydrogens is 314 g/mol. The molecule has 3 aliphatic rings. The minimum absolute atomic E-state index is 0.0583. The van der Waals surface area contributed by atoms with Gasteiger partial charge in [-0.3, -0.25) is 4.79 Å². The molecule has 2 atom stereocenters. The summed E-state index contributed by atoms with van der Waals surface area (Å²) in [4.78, 5) is 12.3. The second kappa shape index (κ2) is 6.71. The van der Waals surface area contributed by atoms with Crippen LogP contribution in [0.3, 0.4) is 0 Å². The van der Waals surface area contributed by atoms with E-state index in [1.54, 1.807) is 0 Å². The monoisotopic (exact) mass is 343 g/mol. The van der Waals surface area contributed by atoms with Crippen molar-refractivity contribution in [2.75, 3.05) is 12.4 Å². The van der Waals surface area contributed by atoms with E-state index in [-0.39, 0.29) is 34.5 Å². The van der Waals surface area contributed by atoms with Gasteiger partial charge in [0.05, 0.1) is 11.4 Å². The fourth-order valence-corrected chi connectivity index (χ4v) is 6.61. The standard InChI is InChI=1S/C17H29NO4S/c1-2-22-15-11-14(17(15)9-5-6-10-17)18-16(19)12-23(20,21)13-7-3-4-8-13/h13-15H,2-12H2,1H3,(H,18,19). The van der Waals surface area contributed by atoms with E-state index in [1.807, 2.05) is 6.92 Å². The SMILES string of the molecule is CCOC1CC(NC(=O)CS(=O)(=O)C2CCCC2)C12CCCC2. The Balaban J connectivity index is 1.57. The summed E-state index contributed by atoms with van der Waals surface area (Å²) in [6.07, 6.45) is 8.93. The zero-order valence-corrected chi connectivity index (χ0v) is 14.9. The fraction of sp³-hybridized carbons (Fsp3) is 0.941. The van der Waals surface area contributed by atoms with E-state index in [9.17, 15) is 13.2 Å². The van der Waals surface area contributed by atoms with Crippen LogP contribution >= 0.6 is 0 Å². The molecule has 132 valence electrons. The van der Waals surface area contributed by atoms with Gasteiger partial charge in [-0.2, -0.15) is 0 Å². The Morgan fingerprint density at radius 1 is 1.17 bits per heavy atom. The first-order valence-electron chi connectivity index (χ1n) is 9.10. The van der Waals surface area contributed by atoms with Crippen LogP contribution in [0.2, 0.25) is 0 Å². The van der Waals surface area contributed by atoms with Crippen LogP contribution in [-0.4, -0.2) is 44.1 Å². The Morgan fingerprint density at radius 3 is 2.43 bits per heavy atom. The molecule has 1 amide bonds. The Bertz CT molecular complexity index is 533. The lowest BCUT2D eigenvalue weighted by atomic mass is 9.60. The second-order valence-corrected chi connectivity index (χ2v) is 9.73. The van der Waals surface area contributed by atoms with Crippen LogP contribution in [-0.2, 0) is 19.4 Å². The summed E-state index contributed by atoms with van der Waals surface area (Å²) >= 11 is 0. The van der Waals surface area contributed by atoms with E-state index < -0.39 is 9.84 Å². The van der Waals surface area contributed by atoms with Gasteiger partial charge in [-0.05, 0) is 39.0 Å². The molecule has 2 unspecified atom stereocenters. The maximum absolute atomic E-state index is 12.3. The average molecular weight is 343 g/mol. The number of carbonyl (C=O) groups excluding carboxylic acids is 1. The number of rotatable bonds is 6. The van der Waals surface area contributed by atoms with Crippen LogP contribution in [0.5, 0.6) is 0 Å². The summed E-state index contributed by atoms with van der Waals surface area (Å²) in [6.45, 7) is 2.70. The molecule has 0 heterocycles. The van der Waals surface area contributed by atoms with E-state index in [0.29, 0.717) is 6.61 Å². The Hall–Kier alpha value is -0.620. The van der Waals surface area contributed by atoms with Crippen LogP contribution in [0, 0.1) is 5.41 Å². The summed E-state index contributed by atoms with van der Waals surface area (Å²) in [5.74, 6) is -0.660. The smallest absolute Gasteiger partial charge is 0.235 e. The molecule has 3 saturated carbocycles. The molecule has 0 bridgehead atoms. The lowest BCUT2D eigenvalue weighted by Crippen LogP contribution is -2.64. The molecule has 0 radical (unpaired) electrons. The van der Waals surface area contributed by atoms with Gasteiger partial charge in [-0.15, -0.1) is 0 Å². The van der Waals surface area contributed by atoms with Gasteiger partial charge in [0.15, 0.2) is 9.84 Å². The molecule has 0 aliphatic heterocycles. The van der Waals surface area contributed by atoms with Crippen LogP contribution in [0.4, 0.5) is 0 Å². The van der Waals surface area contributed by atoms with E-state index in [1.165, 1.54) is 12.8 Å². The molecule has 0 saturated heterocycles. The molecule has 3 aliphatic carbocycles. The van der Waals surface area contributed by atoms with Crippen LogP contribution < -0.4 is 5.32 Å². The largest absolute Gasteiger partial charge is 0.378 e. The van der Waals surface area contributed by atoms with Gasteiger partial charge in [-0.25, -0.2) is 8.42 Å². The van der Waals surface area contributed by atoms with Crippen molar-refractivity contribution in [1.29, 1.82) is 0 Å². The summed E-state index contributed by atoms with van der Waals surface area (Å²) in [5.41, 5.74) is 0.0583. The molecular formula is C17H29NO4S. The van der Waals surface area contributed by atoms with Crippen molar-refractivity contribution in [2.45, 2.75) is 82.1 Å². The number of carbonyl (C=O) groups is 1. The van der Waals surface area contributed by atoms with Gasteiger partial charge in [0, 0.05) is 18.1 Å². The van der Waals surface area contributed by atoms with Crippen LogP contribution in [0.25, 0.3) is 0 Å². The number of sulfone groups is 1. The highest BCUT2D eigenvalue weighted by Gasteiger charge is 2.57. The van der Waals surface area contributed by atoms with Crippen molar-refractivity contribution in [2.24, 2.45) is 5.41 Å². The molecule has 5 nitrogen and oxygen atoms in total. The van der Waals surface area contributed by atoms with E-state index in [0.717, 1.165) is 44.9 Å². The maximum atomic E-state index is 12.3. The third-order valence-corrected chi connectivity index (χ3v) is 8.32. The Labute approximate surface area is 139 Å². The Morgan fingerprint density at radius 2 is 1.83 bits per heavy atom. The van der Waals surface area contributed by atoms with Crippen molar-refractivity contribution in [3.8, 4) is 0 Å². The van der Waals surface area contributed by atoms with Crippen molar-refractivity contribution in [3.63, 3.8) is 0 Å². The highest BCUT2D eigenvalue weighted by atomic mass is 32.2. The summed E-state index contributed by atoms with van der Waals surface area (Å²) in [6, 6.07) is 0.0906. The fourth-order valence-electron chi connectivity index (χ4n) is 4.87.